The average Bonchev–Trinajstić information content (AvgIpc) is 3.55. The lowest BCUT2D eigenvalue weighted by Crippen LogP contribution is -2.57. The summed E-state index contributed by atoms with van der Waals surface area (Å²) in [5.41, 5.74) is -0.793. The lowest BCUT2D eigenvalue weighted by molar-refractivity contribution is -0.210. The third kappa shape index (κ3) is 5.37. The van der Waals surface area contributed by atoms with Crippen molar-refractivity contribution in [3.05, 3.63) is 35.8 Å². The Hall–Kier alpha value is -2.58. The molecule has 1 spiro atoms. The minimum absolute atomic E-state index is 0.0702. The molecule has 2 aromatic rings. The molecule has 1 aliphatic carbocycles. The van der Waals surface area contributed by atoms with Crippen LogP contribution in [-0.2, 0) is 14.3 Å². The van der Waals surface area contributed by atoms with Crippen molar-refractivity contribution in [2.75, 3.05) is 13.7 Å². The molecule has 0 unspecified atom stereocenters. The van der Waals surface area contributed by atoms with E-state index in [9.17, 15) is 28.5 Å². The van der Waals surface area contributed by atoms with Crippen molar-refractivity contribution >= 4 is 5.71 Å². The monoisotopic (exact) mass is 568 g/mol. The molecule has 3 heterocycles. The van der Waals surface area contributed by atoms with Crippen molar-refractivity contribution in [1.29, 1.82) is 0 Å². The first-order valence-corrected chi connectivity index (χ1v) is 13.5. The third-order valence-electron chi connectivity index (χ3n) is 8.59. The van der Waals surface area contributed by atoms with Gasteiger partial charge in [0.2, 0.25) is 0 Å². The van der Waals surface area contributed by atoms with E-state index in [0.717, 1.165) is 43.5 Å². The topological polar surface area (TPSA) is 131 Å². The molecule has 0 amide bonds. The van der Waals surface area contributed by atoms with Crippen LogP contribution in [0.5, 0.6) is 0 Å². The van der Waals surface area contributed by atoms with Gasteiger partial charge in [0.15, 0.2) is 17.5 Å². The number of methoxy groups -OCH3 is 1. The summed E-state index contributed by atoms with van der Waals surface area (Å²) in [7, 11) is 1.44. The fourth-order valence-corrected chi connectivity index (χ4v) is 6.26. The first-order valence-electron chi connectivity index (χ1n) is 13.5. The second kappa shape index (κ2) is 11.0. The summed E-state index contributed by atoms with van der Waals surface area (Å²) in [6, 6.07) is 0.938. The number of rotatable bonds is 7. The Morgan fingerprint density at radius 3 is 2.52 bits per heavy atom. The Morgan fingerprint density at radius 1 is 1.15 bits per heavy atom. The van der Waals surface area contributed by atoms with E-state index in [4.69, 9.17) is 14.3 Å². The Morgan fingerprint density at radius 2 is 1.88 bits per heavy atom. The smallest absolute Gasteiger partial charge is 0.195 e. The van der Waals surface area contributed by atoms with Gasteiger partial charge in [-0.2, -0.15) is 0 Å². The molecule has 0 radical (unpaired) electrons. The number of nitrogens with zero attached hydrogens (tertiary/aromatic N) is 4. The average molecular weight is 569 g/mol. The number of halogens is 3. The lowest BCUT2D eigenvalue weighted by atomic mass is 9.71. The molecule has 5 atom stereocenters. The normalized spacial score (nSPS) is 32.8. The third-order valence-corrected chi connectivity index (χ3v) is 8.59. The molecular formula is C27H35F3N4O6. The maximum atomic E-state index is 14.4. The minimum atomic E-state index is -1.63. The molecule has 40 heavy (non-hydrogen) atoms. The first-order chi connectivity index (χ1) is 19.0. The highest BCUT2D eigenvalue weighted by Gasteiger charge is 2.50. The standard InChI is InChI=1S/C27H35F3N4O6/c1-26(2,37)14-6-8-27(9-7-14)11-15(32-40-27)10-19-25(38-3)23(24(36)20(13-35)39-19)34-12-18(31-33-34)16-4-5-17(28)22(30)21(16)29/h4-5,12,14,19-20,23-25,35-37H,6-11,13H2,1-3H3/t14?,19-,20-,23+,24+,25+,27?/m1/s1. The fraction of sp³-hybridized carbons (Fsp3) is 0.667. The van der Waals surface area contributed by atoms with E-state index in [0.29, 0.717) is 12.8 Å². The molecule has 5 rings (SSSR count). The second-order valence-corrected chi connectivity index (χ2v) is 11.6. The van der Waals surface area contributed by atoms with Crippen molar-refractivity contribution < 1.29 is 42.8 Å². The molecule has 3 aliphatic rings. The molecule has 220 valence electrons. The van der Waals surface area contributed by atoms with Crippen LogP contribution in [-0.4, -0.2) is 85.4 Å². The van der Waals surface area contributed by atoms with Crippen LogP contribution in [0.25, 0.3) is 11.3 Å². The van der Waals surface area contributed by atoms with Crippen molar-refractivity contribution in [3.63, 3.8) is 0 Å². The van der Waals surface area contributed by atoms with Gasteiger partial charge in [-0.05, 0) is 57.6 Å². The van der Waals surface area contributed by atoms with E-state index in [1.54, 1.807) is 0 Å². The predicted molar refractivity (Wildman–Crippen MR) is 136 cm³/mol. The van der Waals surface area contributed by atoms with Gasteiger partial charge in [-0.1, -0.05) is 10.4 Å². The molecule has 1 saturated carbocycles. The molecule has 0 bridgehead atoms. The van der Waals surface area contributed by atoms with E-state index < -0.39 is 65.7 Å². The van der Waals surface area contributed by atoms with Gasteiger partial charge in [-0.15, -0.1) is 5.10 Å². The number of aromatic nitrogens is 3. The maximum Gasteiger partial charge on any atom is 0.195 e. The molecular weight excluding hydrogens is 533 g/mol. The van der Waals surface area contributed by atoms with Gasteiger partial charge in [0.1, 0.15) is 35.6 Å². The largest absolute Gasteiger partial charge is 0.394 e. The van der Waals surface area contributed by atoms with E-state index >= 15 is 0 Å². The van der Waals surface area contributed by atoms with Gasteiger partial charge < -0.3 is 29.6 Å². The summed E-state index contributed by atoms with van der Waals surface area (Å²) in [5.74, 6) is -4.17. The molecule has 1 aromatic heterocycles. The number of benzene rings is 1. The number of ether oxygens (including phenoxy) is 2. The van der Waals surface area contributed by atoms with E-state index in [1.165, 1.54) is 18.0 Å². The van der Waals surface area contributed by atoms with Crippen molar-refractivity contribution in [2.45, 2.75) is 94.0 Å². The number of hydrogen-bond donors (Lipinski definition) is 3. The van der Waals surface area contributed by atoms with Gasteiger partial charge in [-0.25, -0.2) is 17.9 Å². The second-order valence-electron chi connectivity index (χ2n) is 11.6. The van der Waals surface area contributed by atoms with Gasteiger partial charge in [0.25, 0.3) is 0 Å². The van der Waals surface area contributed by atoms with Crippen LogP contribution < -0.4 is 0 Å². The molecule has 13 heteroatoms. The van der Waals surface area contributed by atoms with Crippen LogP contribution in [0, 0.1) is 23.4 Å². The maximum absolute atomic E-state index is 14.4. The Kier molecular flexibility index (Phi) is 7.96. The molecule has 1 saturated heterocycles. The fourth-order valence-electron chi connectivity index (χ4n) is 6.26. The zero-order valence-electron chi connectivity index (χ0n) is 22.6. The number of hydrogen-bond acceptors (Lipinski definition) is 9. The Labute approximate surface area is 229 Å². The van der Waals surface area contributed by atoms with Crippen LogP contribution in [0.15, 0.2) is 23.5 Å². The molecule has 2 fully saturated rings. The summed E-state index contributed by atoms with van der Waals surface area (Å²) in [6.07, 6.45) is 1.64. The zero-order valence-corrected chi connectivity index (χ0v) is 22.6. The van der Waals surface area contributed by atoms with E-state index in [1.807, 2.05) is 13.8 Å². The summed E-state index contributed by atoms with van der Waals surface area (Å²) < 4.78 is 54.7. The molecule has 10 nitrogen and oxygen atoms in total. The molecule has 3 N–H and O–H groups in total. The number of aliphatic hydroxyl groups is 3. The zero-order chi connectivity index (χ0) is 28.8. The quantitative estimate of drug-likeness (QED) is 0.435. The van der Waals surface area contributed by atoms with Gasteiger partial charge in [-0.3, -0.25) is 0 Å². The number of aliphatic hydroxyl groups excluding tert-OH is 2. The highest BCUT2D eigenvalue weighted by atomic mass is 19.2. The Balaban J connectivity index is 1.34. The predicted octanol–water partition coefficient (Wildman–Crippen LogP) is 2.91. The molecule has 2 aliphatic heterocycles. The van der Waals surface area contributed by atoms with Crippen LogP contribution in [0.4, 0.5) is 13.2 Å². The van der Waals surface area contributed by atoms with E-state index in [2.05, 4.69) is 15.5 Å². The van der Waals surface area contributed by atoms with Crippen molar-refractivity contribution in [1.82, 2.24) is 15.0 Å². The number of oxime groups is 1. The summed E-state index contributed by atoms with van der Waals surface area (Å²) in [4.78, 5) is 5.92. The van der Waals surface area contributed by atoms with Gasteiger partial charge in [0.05, 0.1) is 30.2 Å². The van der Waals surface area contributed by atoms with Gasteiger partial charge in [0, 0.05) is 25.5 Å². The highest BCUT2D eigenvalue weighted by molar-refractivity contribution is 5.86. The summed E-state index contributed by atoms with van der Waals surface area (Å²) >= 11 is 0. The van der Waals surface area contributed by atoms with Crippen LogP contribution >= 0.6 is 0 Å². The van der Waals surface area contributed by atoms with Crippen LogP contribution in [0.2, 0.25) is 0 Å². The molecule has 1 aromatic carbocycles. The van der Waals surface area contributed by atoms with Gasteiger partial charge >= 0.3 is 0 Å². The summed E-state index contributed by atoms with van der Waals surface area (Å²) in [6.45, 7) is 3.16. The highest BCUT2D eigenvalue weighted by Crippen LogP contribution is 2.45. The van der Waals surface area contributed by atoms with Crippen LogP contribution in [0.3, 0.4) is 0 Å². The minimum Gasteiger partial charge on any atom is -0.394 e. The van der Waals surface area contributed by atoms with Crippen LogP contribution in [0.1, 0.15) is 58.4 Å². The lowest BCUT2D eigenvalue weighted by Gasteiger charge is -2.43. The van der Waals surface area contributed by atoms with E-state index in [-0.39, 0.29) is 17.2 Å². The summed E-state index contributed by atoms with van der Waals surface area (Å²) in [5, 5.41) is 43.7. The van der Waals surface area contributed by atoms with Crippen molar-refractivity contribution in [2.24, 2.45) is 11.1 Å². The SMILES string of the molecule is CO[C@@H]1[C@@H](n2cc(-c3ccc(F)c(F)c3F)nn2)[C@@H](O)[C@@H](CO)O[C@@H]1CC1=NOC2(CCC(C(C)(C)O)CC2)C1. The van der Waals surface area contributed by atoms with Crippen molar-refractivity contribution in [3.8, 4) is 11.3 Å². The first kappa shape index (κ1) is 28.9. The Bertz CT molecular complexity index is 1240.